The van der Waals surface area contributed by atoms with Gasteiger partial charge in [0, 0.05) is 32.7 Å². The average Bonchev–Trinajstić information content (AvgIpc) is 3.05. The molecule has 5 nitrogen and oxygen atoms in total. The van der Waals surface area contributed by atoms with Crippen LogP contribution in [0.25, 0.3) is 0 Å². The Labute approximate surface area is 153 Å². The molecule has 2 atom stereocenters. The molecular formula is C16H29ClF3N3O2. The van der Waals surface area contributed by atoms with Gasteiger partial charge in [-0.1, -0.05) is 19.8 Å². The van der Waals surface area contributed by atoms with Crippen molar-refractivity contribution in [2.24, 2.45) is 0 Å². The first kappa shape index (κ1) is 22.5. The summed E-state index contributed by atoms with van der Waals surface area (Å²) < 4.78 is 45.7. The van der Waals surface area contributed by atoms with E-state index in [2.05, 4.69) is 10.6 Å². The summed E-state index contributed by atoms with van der Waals surface area (Å²) >= 11 is 0. The average molecular weight is 388 g/mol. The van der Waals surface area contributed by atoms with E-state index in [0.717, 1.165) is 25.7 Å². The number of amides is 1. The van der Waals surface area contributed by atoms with Crippen molar-refractivity contribution in [2.45, 2.75) is 63.5 Å². The molecule has 0 aromatic carbocycles. The molecule has 9 heteroatoms. The molecule has 1 heterocycles. The zero-order chi connectivity index (χ0) is 17.6. The molecule has 2 fully saturated rings. The monoisotopic (exact) mass is 387 g/mol. The number of rotatable bonds is 7. The van der Waals surface area contributed by atoms with Crippen LogP contribution in [0, 0.1) is 0 Å². The third kappa shape index (κ3) is 6.92. The van der Waals surface area contributed by atoms with E-state index in [-0.39, 0.29) is 18.5 Å². The number of piperazine rings is 1. The van der Waals surface area contributed by atoms with Crippen LogP contribution in [0.2, 0.25) is 0 Å². The highest BCUT2D eigenvalue weighted by Gasteiger charge is 2.44. The highest BCUT2D eigenvalue weighted by Crippen LogP contribution is 2.25. The summed E-state index contributed by atoms with van der Waals surface area (Å²) in [4.78, 5) is 13.6. The van der Waals surface area contributed by atoms with Gasteiger partial charge in [0.25, 0.3) is 0 Å². The van der Waals surface area contributed by atoms with Crippen LogP contribution >= 0.6 is 12.4 Å². The molecule has 2 aliphatic rings. The van der Waals surface area contributed by atoms with Crippen molar-refractivity contribution in [3.05, 3.63) is 0 Å². The second kappa shape index (κ2) is 10.5. The van der Waals surface area contributed by atoms with Gasteiger partial charge in [0.2, 0.25) is 5.91 Å². The lowest BCUT2D eigenvalue weighted by Gasteiger charge is -2.36. The number of ether oxygens (including phenoxy) is 1. The normalized spacial score (nSPS) is 22.2. The largest absolute Gasteiger partial charge is 0.405 e. The molecule has 2 N–H and O–H groups in total. The zero-order valence-corrected chi connectivity index (χ0v) is 15.4. The van der Waals surface area contributed by atoms with Gasteiger partial charge in [-0.05, 0) is 19.3 Å². The minimum atomic E-state index is -4.36. The van der Waals surface area contributed by atoms with Crippen molar-refractivity contribution in [1.82, 2.24) is 15.5 Å². The number of nitrogens with one attached hydrogen (secondary N) is 2. The molecule has 2 unspecified atom stereocenters. The topological polar surface area (TPSA) is 53.6 Å². The predicted molar refractivity (Wildman–Crippen MR) is 92.0 cm³/mol. The van der Waals surface area contributed by atoms with E-state index in [9.17, 15) is 18.0 Å². The molecule has 1 saturated carbocycles. The van der Waals surface area contributed by atoms with E-state index in [4.69, 9.17) is 4.74 Å². The van der Waals surface area contributed by atoms with Gasteiger partial charge < -0.3 is 15.4 Å². The summed E-state index contributed by atoms with van der Waals surface area (Å²) in [6.45, 7) is 3.11. The van der Waals surface area contributed by atoms with Gasteiger partial charge in [-0.25, -0.2) is 0 Å². The van der Waals surface area contributed by atoms with Crippen LogP contribution < -0.4 is 10.6 Å². The Bertz CT molecular complexity index is 401. The smallest absolute Gasteiger partial charge is 0.365 e. The lowest BCUT2D eigenvalue weighted by molar-refractivity contribution is -0.184. The minimum Gasteiger partial charge on any atom is -0.365 e. The van der Waals surface area contributed by atoms with Crippen LogP contribution in [0.5, 0.6) is 0 Å². The molecule has 25 heavy (non-hydrogen) atoms. The summed E-state index contributed by atoms with van der Waals surface area (Å²) in [5.41, 5.74) is 0. The third-order valence-corrected chi connectivity index (χ3v) is 4.76. The van der Waals surface area contributed by atoms with Gasteiger partial charge in [-0.3, -0.25) is 9.69 Å². The van der Waals surface area contributed by atoms with Crippen LogP contribution in [0.3, 0.4) is 0 Å². The fourth-order valence-corrected chi connectivity index (χ4v) is 3.36. The van der Waals surface area contributed by atoms with Crippen molar-refractivity contribution >= 4 is 18.3 Å². The van der Waals surface area contributed by atoms with Crippen molar-refractivity contribution in [2.75, 3.05) is 32.7 Å². The standard InChI is InChI=1S/C16H28F3N3O2.ClH/c1-2-13(24-12-5-3-4-6-12)15(23)21-11-14(16(17,18)19)22-9-7-20-8-10-22;/h12-14,20H,2-11H2,1H3,(H,21,23);1H. The van der Waals surface area contributed by atoms with Crippen molar-refractivity contribution in [3.63, 3.8) is 0 Å². The molecule has 2 rings (SSSR count). The summed E-state index contributed by atoms with van der Waals surface area (Å²) in [5, 5.41) is 5.50. The highest BCUT2D eigenvalue weighted by atomic mass is 35.5. The Kier molecular flexibility index (Phi) is 9.48. The van der Waals surface area contributed by atoms with E-state index < -0.39 is 30.8 Å². The number of halogens is 4. The number of hydrogen-bond donors (Lipinski definition) is 2. The third-order valence-electron chi connectivity index (χ3n) is 4.76. The first-order valence-electron chi connectivity index (χ1n) is 8.86. The van der Waals surface area contributed by atoms with Gasteiger partial charge in [-0.15, -0.1) is 12.4 Å². The van der Waals surface area contributed by atoms with Crippen LogP contribution in [0.15, 0.2) is 0 Å². The number of hydrogen-bond acceptors (Lipinski definition) is 4. The van der Waals surface area contributed by atoms with Gasteiger partial charge in [0.05, 0.1) is 6.10 Å². The van der Waals surface area contributed by atoms with Crippen molar-refractivity contribution in [3.8, 4) is 0 Å². The van der Waals surface area contributed by atoms with E-state index >= 15 is 0 Å². The van der Waals surface area contributed by atoms with E-state index in [1.807, 2.05) is 6.92 Å². The van der Waals surface area contributed by atoms with E-state index in [1.165, 1.54) is 4.90 Å². The molecule has 0 aromatic heterocycles. The van der Waals surface area contributed by atoms with E-state index in [1.54, 1.807) is 0 Å². The number of alkyl halides is 3. The Hall–Kier alpha value is -0.570. The Morgan fingerprint density at radius 3 is 2.40 bits per heavy atom. The van der Waals surface area contributed by atoms with Crippen LogP contribution in [-0.4, -0.2) is 68.0 Å². The molecule has 0 aromatic rings. The molecule has 1 aliphatic carbocycles. The lowest BCUT2D eigenvalue weighted by Crippen LogP contribution is -2.58. The fourth-order valence-electron chi connectivity index (χ4n) is 3.36. The molecule has 0 radical (unpaired) electrons. The minimum absolute atomic E-state index is 0. The fraction of sp³-hybridized carbons (Fsp3) is 0.938. The number of carbonyl (C=O) groups excluding carboxylic acids is 1. The molecule has 1 amide bonds. The van der Waals surface area contributed by atoms with Crippen molar-refractivity contribution < 1.29 is 22.7 Å². The first-order valence-corrected chi connectivity index (χ1v) is 8.86. The molecular weight excluding hydrogens is 359 g/mol. The maximum atomic E-state index is 13.3. The van der Waals surface area contributed by atoms with Gasteiger partial charge in [0.1, 0.15) is 12.1 Å². The first-order chi connectivity index (χ1) is 11.4. The summed E-state index contributed by atoms with van der Waals surface area (Å²) in [7, 11) is 0. The Morgan fingerprint density at radius 1 is 1.28 bits per heavy atom. The molecule has 0 spiro atoms. The summed E-state index contributed by atoms with van der Waals surface area (Å²) in [5.74, 6) is -0.436. The summed E-state index contributed by atoms with van der Waals surface area (Å²) in [6, 6.07) is -1.65. The van der Waals surface area contributed by atoms with Gasteiger partial charge >= 0.3 is 6.18 Å². The van der Waals surface area contributed by atoms with Crippen LogP contribution in [0.4, 0.5) is 13.2 Å². The summed E-state index contributed by atoms with van der Waals surface area (Å²) in [6.07, 6.45) is -0.474. The van der Waals surface area contributed by atoms with Crippen LogP contribution in [-0.2, 0) is 9.53 Å². The molecule has 148 valence electrons. The van der Waals surface area contributed by atoms with E-state index in [0.29, 0.717) is 32.6 Å². The highest BCUT2D eigenvalue weighted by molar-refractivity contribution is 5.85. The SMILES string of the molecule is CCC(OC1CCCC1)C(=O)NCC(N1CCNCC1)C(F)(F)F.Cl. The zero-order valence-electron chi connectivity index (χ0n) is 14.6. The predicted octanol–water partition coefficient (Wildman–Crippen LogP) is 2.10. The van der Waals surface area contributed by atoms with Gasteiger partial charge in [0.15, 0.2) is 0 Å². The molecule has 1 aliphatic heterocycles. The molecule has 0 bridgehead atoms. The van der Waals surface area contributed by atoms with Crippen LogP contribution in [0.1, 0.15) is 39.0 Å². The number of nitrogens with zero attached hydrogens (tertiary/aromatic N) is 1. The Morgan fingerprint density at radius 2 is 1.88 bits per heavy atom. The quantitative estimate of drug-likeness (QED) is 0.702. The second-order valence-electron chi connectivity index (χ2n) is 6.53. The molecule has 1 saturated heterocycles. The Balaban J connectivity index is 0.00000312. The lowest BCUT2D eigenvalue weighted by atomic mass is 10.2. The van der Waals surface area contributed by atoms with Crippen molar-refractivity contribution in [1.29, 1.82) is 0 Å². The second-order valence-corrected chi connectivity index (χ2v) is 6.53. The number of carbonyl (C=O) groups is 1. The maximum Gasteiger partial charge on any atom is 0.405 e. The maximum absolute atomic E-state index is 13.3. The van der Waals surface area contributed by atoms with Gasteiger partial charge in [-0.2, -0.15) is 13.2 Å².